The van der Waals surface area contributed by atoms with E-state index in [2.05, 4.69) is 10.0 Å². The standard InChI is InChI=1S/C24H25F6N5O4S/c1-12(24(28,29)30)31-21(37)22(38)35-7-5-23(6-8-35)11-39-18-16(40-33-23)10-34(2)17(18)20(36)32-13-3-4-15(25)14(9-13)19(26)27/h3-4,9-10,12,19,33H,5-8,11H2,1-2H3,(H,31,37)(H,32,36)/t12-/m1/s1. The first-order valence-corrected chi connectivity index (χ1v) is 12.8. The number of aromatic nitrogens is 1. The van der Waals surface area contributed by atoms with Crippen LogP contribution in [-0.4, -0.2) is 64.6 Å². The number of likely N-dealkylation sites (tertiary alicyclic amines) is 1. The minimum atomic E-state index is -4.68. The molecule has 0 bridgehead atoms. The van der Waals surface area contributed by atoms with Crippen molar-refractivity contribution >= 4 is 35.4 Å². The van der Waals surface area contributed by atoms with Gasteiger partial charge < -0.3 is 24.8 Å². The first-order valence-electron chi connectivity index (χ1n) is 12.0. The monoisotopic (exact) mass is 593 g/mol. The van der Waals surface area contributed by atoms with E-state index >= 15 is 0 Å². The fraction of sp³-hybridized carbons (Fsp3) is 0.458. The highest BCUT2D eigenvalue weighted by molar-refractivity contribution is 7.97. The van der Waals surface area contributed by atoms with Crippen LogP contribution < -0.4 is 20.1 Å². The quantitative estimate of drug-likeness (QED) is 0.283. The second-order valence-electron chi connectivity index (χ2n) is 9.58. The van der Waals surface area contributed by atoms with Crippen molar-refractivity contribution in [2.24, 2.45) is 7.05 Å². The van der Waals surface area contributed by atoms with Crippen molar-refractivity contribution in [1.29, 1.82) is 0 Å². The summed E-state index contributed by atoms with van der Waals surface area (Å²) in [6.45, 7) is 0.952. The number of carbonyl (C=O) groups is 3. The molecule has 16 heteroatoms. The van der Waals surface area contributed by atoms with Crippen LogP contribution >= 0.6 is 11.9 Å². The lowest BCUT2D eigenvalue weighted by Crippen LogP contribution is -2.57. The van der Waals surface area contributed by atoms with E-state index in [9.17, 15) is 40.7 Å². The Bertz CT molecular complexity index is 1310. The average Bonchev–Trinajstić information content (AvgIpc) is 3.12. The summed E-state index contributed by atoms with van der Waals surface area (Å²) < 4.78 is 88.7. The van der Waals surface area contributed by atoms with Crippen LogP contribution in [0.1, 0.15) is 42.2 Å². The molecule has 40 heavy (non-hydrogen) atoms. The summed E-state index contributed by atoms with van der Waals surface area (Å²) in [5.74, 6) is -3.95. The first-order chi connectivity index (χ1) is 18.7. The highest BCUT2D eigenvalue weighted by Crippen LogP contribution is 2.40. The van der Waals surface area contributed by atoms with Crippen LogP contribution in [0.25, 0.3) is 0 Å². The smallest absolute Gasteiger partial charge is 0.408 e. The van der Waals surface area contributed by atoms with E-state index < -0.39 is 53.3 Å². The number of hydrogen-bond acceptors (Lipinski definition) is 6. The topological polar surface area (TPSA) is 105 Å². The maximum absolute atomic E-state index is 13.6. The number of piperidine rings is 1. The number of nitrogens with zero attached hydrogens (tertiary/aromatic N) is 2. The molecule has 1 aromatic heterocycles. The zero-order valence-electron chi connectivity index (χ0n) is 21.2. The molecule has 4 rings (SSSR count). The van der Waals surface area contributed by atoms with Crippen LogP contribution in [0.4, 0.5) is 32.0 Å². The number of fused-ring (bicyclic) bond motifs is 1. The predicted molar refractivity (Wildman–Crippen MR) is 131 cm³/mol. The van der Waals surface area contributed by atoms with Gasteiger partial charge in [0.1, 0.15) is 18.5 Å². The van der Waals surface area contributed by atoms with E-state index in [0.717, 1.165) is 25.1 Å². The van der Waals surface area contributed by atoms with Gasteiger partial charge in [-0.2, -0.15) is 13.2 Å². The normalized spacial score (nSPS) is 17.6. The SMILES string of the molecule is C[C@@H](NC(=O)C(=O)N1CCC2(CC1)COc1c(cn(C)c1C(=O)Nc1ccc(F)c(C(F)F)c1)SN2)C(F)(F)F. The van der Waals surface area contributed by atoms with Gasteiger partial charge in [0.25, 0.3) is 12.3 Å². The van der Waals surface area contributed by atoms with E-state index in [4.69, 9.17) is 4.74 Å². The molecule has 0 unspecified atom stereocenters. The Labute approximate surface area is 228 Å². The Balaban J connectivity index is 1.40. The van der Waals surface area contributed by atoms with E-state index in [-0.39, 0.29) is 36.8 Å². The van der Waals surface area contributed by atoms with E-state index in [0.29, 0.717) is 17.7 Å². The maximum Gasteiger partial charge on any atom is 0.408 e. The second-order valence-corrected chi connectivity index (χ2v) is 10.4. The number of benzene rings is 1. The van der Waals surface area contributed by atoms with Gasteiger partial charge in [-0.1, -0.05) is 0 Å². The molecule has 3 amide bonds. The molecule has 0 aliphatic carbocycles. The number of halogens is 6. The van der Waals surface area contributed by atoms with Crippen molar-refractivity contribution in [1.82, 2.24) is 19.5 Å². The summed E-state index contributed by atoms with van der Waals surface area (Å²) >= 11 is 1.18. The van der Waals surface area contributed by atoms with Crippen LogP contribution in [0.3, 0.4) is 0 Å². The Kier molecular flexibility index (Phi) is 8.31. The number of rotatable bonds is 4. The molecule has 1 fully saturated rings. The summed E-state index contributed by atoms with van der Waals surface area (Å²) in [6.07, 6.45) is -5.51. The van der Waals surface area contributed by atoms with Crippen molar-refractivity contribution in [3.8, 4) is 5.75 Å². The molecule has 3 N–H and O–H groups in total. The molecule has 2 aliphatic heterocycles. The zero-order chi connectivity index (χ0) is 29.4. The molecule has 1 spiro atoms. The van der Waals surface area contributed by atoms with Crippen LogP contribution in [-0.2, 0) is 16.6 Å². The fourth-order valence-electron chi connectivity index (χ4n) is 4.30. The van der Waals surface area contributed by atoms with Gasteiger partial charge in [0.15, 0.2) is 11.4 Å². The number of hydrogen-bond donors (Lipinski definition) is 3. The van der Waals surface area contributed by atoms with Crippen LogP contribution in [0.5, 0.6) is 5.75 Å². The minimum Gasteiger partial charge on any atom is -0.488 e. The Morgan fingerprint density at radius 2 is 1.85 bits per heavy atom. The van der Waals surface area contributed by atoms with Crippen molar-refractivity contribution in [2.45, 2.75) is 48.8 Å². The number of nitrogens with one attached hydrogen (secondary N) is 3. The third kappa shape index (κ3) is 6.16. The Morgan fingerprint density at radius 3 is 2.48 bits per heavy atom. The number of amides is 3. The van der Waals surface area contributed by atoms with Gasteiger partial charge in [0, 0.05) is 32.0 Å². The highest BCUT2D eigenvalue weighted by Gasteiger charge is 2.42. The molecule has 1 saturated heterocycles. The van der Waals surface area contributed by atoms with Gasteiger partial charge >= 0.3 is 18.0 Å². The molecular formula is C24H25F6N5O4S. The zero-order valence-corrected chi connectivity index (χ0v) is 22.0. The number of aryl methyl sites for hydroxylation is 1. The number of anilines is 1. The lowest BCUT2D eigenvalue weighted by molar-refractivity contribution is -0.162. The fourth-order valence-corrected chi connectivity index (χ4v) is 5.35. The van der Waals surface area contributed by atoms with Crippen LogP contribution in [0.15, 0.2) is 29.3 Å². The second kappa shape index (κ2) is 11.2. The Morgan fingerprint density at radius 1 is 1.18 bits per heavy atom. The third-order valence-electron chi connectivity index (χ3n) is 6.72. The molecule has 9 nitrogen and oxygen atoms in total. The van der Waals surface area contributed by atoms with Crippen LogP contribution in [0, 0.1) is 5.82 Å². The summed E-state index contributed by atoms with van der Waals surface area (Å²) in [6, 6.07) is 0.671. The summed E-state index contributed by atoms with van der Waals surface area (Å²) in [4.78, 5) is 39.2. The molecule has 3 heterocycles. The van der Waals surface area contributed by atoms with Gasteiger partial charge in [-0.25, -0.2) is 17.9 Å². The average molecular weight is 594 g/mol. The van der Waals surface area contributed by atoms with Gasteiger partial charge in [-0.3, -0.25) is 14.4 Å². The molecule has 2 aliphatic rings. The number of alkyl halides is 5. The molecular weight excluding hydrogens is 568 g/mol. The summed E-state index contributed by atoms with van der Waals surface area (Å²) in [5, 5.41) is 4.14. The van der Waals surface area contributed by atoms with Gasteiger partial charge in [0.05, 0.1) is 16.0 Å². The molecule has 218 valence electrons. The largest absolute Gasteiger partial charge is 0.488 e. The van der Waals surface area contributed by atoms with Crippen molar-refractivity contribution in [3.63, 3.8) is 0 Å². The Hall–Kier alpha value is -3.40. The lowest BCUT2D eigenvalue weighted by atomic mass is 9.89. The van der Waals surface area contributed by atoms with E-state index in [1.165, 1.54) is 21.4 Å². The van der Waals surface area contributed by atoms with Crippen molar-refractivity contribution in [2.75, 3.05) is 25.0 Å². The van der Waals surface area contributed by atoms with Crippen LogP contribution in [0.2, 0.25) is 0 Å². The molecule has 1 aromatic carbocycles. The third-order valence-corrected chi connectivity index (χ3v) is 7.76. The van der Waals surface area contributed by atoms with Crippen molar-refractivity contribution in [3.05, 3.63) is 41.5 Å². The molecule has 1 atom stereocenters. The maximum atomic E-state index is 13.6. The van der Waals surface area contributed by atoms with Gasteiger partial charge in [0.2, 0.25) is 0 Å². The van der Waals surface area contributed by atoms with E-state index in [1.807, 2.05) is 0 Å². The molecule has 0 saturated carbocycles. The lowest BCUT2D eigenvalue weighted by Gasteiger charge is -2.40. The number of ether oxygens (including phenoxy) is 1. The number of carbonyl (C=O) groups excluding carboxylic acids is 3. The van der Waals surface area contributed by atoms with Crippen molar-refractivity contribution < 1.29 is 45.5 Å². The predicted octanol–water partition coefficient (Wildman–Crippen LogP) is 3.77. The first kappa shape index (κ1) is 29.6. The highest BCUT2D eigenvalue weighted by atomic mass is 32.2. The summed E-state index contributed by atoms with van der Waals surface area (Å²) in [5.41, 5.74) is -1.47. The van der Waals surface area contributed by atoms with E-state index in [1.54, 1.807) is 18.6 Å². The molecule has 2 aromatic rings. The molecule has 0 radical (unpaired) electrons. The minimum absolute atomic E-state index is 0.0294. The van der Waals surface area contributed by atoms with Gasteiger partial charge in [-0.15, -0.1) is 0 Å². The van der Waals surface area contributed by atoms with Gasteiger partial charge in [-0.05, 0) is 49.9 Å². The summed E-state index contributed by atoms with van der Waals surface area (Å²) in [7, 11) is 1.59.